The van der Waals surface area contributed by atoms with Crippen molar-refractivity contribution in [3.05, 3.63) is 17.5 Å². The molecule has 0 radical (unpaired) electrons. The van der Waals surface area contributed by atoms with Crippen LogP contribution >= 0.6 is 0 Å². The Labute approximate surface area is 106 Å². The molecule has 1 fully saturated rings. The zero-order chi connectivity index (χ0) is 13.2. The number of nitrogens with zero attached hydrogens (tertiary/aromatic N) is 2. The van der Waals surface area contributed by atoms with E-state index in [9.17, 15) is 13.2 Å². The Morgan fingerprint density at radius 2 is 2.39 bits per heavy atom. The van der Waals surface area contributed by atoms with Gasteiger partial charge in [0.25, 0.3) is 0 Å². The molecule has 1 aliphatic rings. The third-order valence-electron chi connectivity index (χ3n) is 2.95. The minimum atomic E-state index is -3.03. The monoisotopic (exact) mass is 272 g/mol. The second-order valence-corrected chi connectivity index (χ2v) is 6.80. The second kappa shape index (κ2) is 5.19. The molecule has 0 saturated carbocycles. The van der Waals surface area contributed by atoms with E-state index in [1.165, 1.54) is 10.9 Å². The summed E-state index contributed by atoms with van der Waals surface area (Å²) in [5.74, 6) is 0.165. The molecular formula is C11H16N2O4S. The number of aldehydes is 1. The number of hydrogen-bond acceptors (Lipinski definition) is 5. The molecule has 0 bridgehead atoms. The summed E-state index contributed by atoms with van der Waals surface area (Å²) in [6.07, 6.45) is 4.40. The van der Waals surface area contributed by atoms with E-state index in [2.05, 4.69) is 5.10 Å². The number of carbonyl (C=O) groups excluding carboxylic acids is 1. The largest absolute Gasteiger partial charge is 0.381 e. The van der Waals surface area contributed by atoms with Crippen LogP contribution < -0.4 is 0 Å². The van der Waals surface area contributed by atoms with Gasteiger partial charge >= 0.3 is 0 Å². The molecule has 0 spiro atoms. The first kappa shape index (κ1) is 13.2. The van der Waals surface area contributed by atoms with E-state index in [0.29, 0.717) is 18.8 Å². The molecule has 6 nitrogen and oxygen atoms in total. The molecule has 1 atom stereocenters. The number of hydrogen-bond donors (Lipinski definition) is 0. The fourth-order valence-corrected chi connectivity index (χ4v) is 2.50. The SMILES string of the molecule is CS(=O)(=O)CCn1cc(C=O)c(C2CCOC2)n1. The Morgan fingerprint density at radius 3 is 2.94 bits per heavy atom. The smallest absolute Gasteiger partial charge is 0.153 e. The van der Waals surface area contributed by atoms with E-state index in [1.54, 1.807) is 6.20 Å². The highest BCUT2D eigenvalue weighted by molar-refractivity contribution is 7.90. The van der Waals surface area contributed by atoms with Crippen LogP contribution in [-0.4, -0.2) is 49.7 Å². The topological polar surface area (TPSA) is 78.3 Å². The summed E-state index contributed by atoms with van der Waals surface area (Å²) < 4.78 is 29.0. The van der Waals surface area contributed by atoms with Gasteiger partial charge in [-0.2, -0.15) is 5.10 Å². The summed E-state index contributed by atoms with van der Waals surface area (Å²) in [6.45, 7) is 1.52. The maximum atomic E-state index is 11.1. The number of rotatable bonds is 5. The molecule has 0 aliphatic carbocycles. The van der Waals surface area contributed by atoms with Crippen LogP contribution in [0.4, 0.5) is 0 Å². The van der Waals surface area contributed by atoms with Gasteiger partial charge in [0.1, 0.15) is 9.84 Å². The maximum Gasteiger partial charge on any atom is 0.153 e. The summed E-state index contributed by atoms with van der Waals surface area (Å²) >= 11 is 0. The van der Waals surface area contributed by atoms with E-state index in [4.69, 9.17) is 4.74 Å². The fraction of sp³-hybridized carbons (Fsp3) is 0.636. The molecule has 0 aromatic carbocycles. The van der Waals surface area contributed by atoms with Crippen LogP contribution in [0.5, 0.6) is 0 Å². The van der Waals surface area contributed by atoms with E-state index in [1.807, 2.05) is 0 Å². The minimum Gasteiger partial charge on any atom is -0.381 e. The predicted molar refractivity (Wildman–Crippen MR) is 65.5 cm³/mol. The Balaban J connectivity index is 2.15. The van der Waals surface area contributed by atoms with E-state index in [-0.39, 0.29) is 18.2 Å². The average molecular weight is 272 g/mol. The third kappa shape index (κ3) is 3.17. The lowest BCUT2D eigenvalue weighted by Crippen LogP contribution is -2.12. The van der Waals surface area contributed by atoms with Crippen molar-refractivity contribution in [1.29, 1.82) is 0 Å². The van der Waals surface area contributed by atoms with Gasteiger partial charge < -0.3 is 4.74 Å². The van der Waals surface area contributed by atoms with Crippen LogP contribution in [0.2, 0.25) is 0 Å². The van der Waals surface area contributed by atoms with Crippen molar-refractivity contribution in [3.63, 3.8) is 0 Å². The molecule has 100 valence electrons. The molecule has 0 N–H and O–H groups in total. The van der Waals surface area contributed by atoms with Gasteiger partial charge in [0, 0.05) is 25.0 Å². The lowest BCUT2D eigenvalue weighted by atomic mass is 10.0. The van der Waals surface area contributed by atoms with Gasteiger partial charge in [-0.05, 0) is 6.42 Å². The van der Waals surface area contributed by atoms with Crippen molar-refractivity contribution in [2.45, 2.75) is 18.9 Å². The molecule has 1 saturated heterocycles. The van der Waals surface area contributed by atoms with E-state index < -0.39 is 9.84 Å². The lowest BCUT2D eigenvalue weighted by molar-refractivity contribution is 0.112. The number of aryl methyl sites for hydroxylation is 1. The molecule has 1 aromatic rings. The van der Waals surface area contributed by atoms with Crippen LogP contribution in [0.25, 0.3) is 0 Å². The van der Waals surface area contributed by atoms with Crippen LogP contribution in [0.1, 0.15) is 28.4 Å². The van der Waals surface area contributed by atoms with Crippen LogP contribution in [0.3, 0.4) is 0 Å². The van der Waals surface area contributed by atoms with Gasteiger partial charge in [0.2, 0.25) is 0 Å². The standard InChI is InChI=1S/C11H16N2O4S/c1-18(15,16)5-3-13-6-10(7-14)11(12-13)9-2-4-17-8-9/h6-7,9H,2-5,8H2,1H3. The molecule has 7 heteroatoms. The fourth-order valence-electron chi connectivity index (χ4n) is 1.98. The van der Waals surface area contributed by atoms with Crippen molar-refractivity contribution in [1.82, 2.24) is 9.78 Å². The van der Waals surface area contributed by atoms with Crippen LogP contribution in [0, 0.1) is 0 Å². The highest BCUT2D eigenvalue weighted by Crippen LogP contribution is 2.25. The Bertz CT molecular complexity index is 529. The molecule has 2 rings (SSSR count). The Hall–Kier alpha value is -1.21. The second-order valence-electron chi connectivity index (χ2n) is 4.54. The van der Waals surface area contributed by atoms with Gasteiger partial charge in [-0.15, -0.1) is 0 Å². The lowest BCUT2D eigenvalue weighted by Gasteiger charge is -2.04. The summed E-state index contributed by atoms with van der Waals surface area (Å²) in [5, 5.41) is 4.31. The first-order valence-corrected chi connectivity index (χ1v) is 7.83. The van der Waals surface area contributed by atoms with Gasteiger partial charge in [-0.3, -0.25) is 9.48 Å². The van der Waals surface area contributed by atoms with Gasteiger partial charge in [0.15, 0.2) is 6.29 Å². The molecule has 0 amide bonds. The van der Waals surface area contributed by atoms with Crippen molar-refractivity contribution in [2.75, 3.05) is 25.2 Å². The van der Waals surface area contributed by atoms with Crippen molar-refractivity contribution < 1.29 is 17.9 Å². The summed E-state index contributed by atoms with van der Waals surface area (Å²) in [7, 11) is -3.03. The normalized spacial score (nSPS) is 20.2. The zero-order valence-electron chi connectivity index (χ0n) is 10.2. The Kier molecular flexibility index (Phi) is 3.82. The van der Waals surface area contributed by atoms with Crippen molar-refractivity contribution in [2.24, 2.45) is 0 Å². The van der Waals surface area contributed by atoms with Gasteiger partial charge in [-0.1, -0.05) is 0 Å². The number of carbonyl (C=O) groups is 1. The van der Waals surface area contributed by atoms with Crippen molar-refractivity contribution in [3.8, 4) is 0 Å². The molecule has 18 heavy (non-hydrogen) atoms. The highest BCUT2D eigenvalue weighted by atomic mass is 32.2. The summed E-state index contributed by atoms with van der Waals surface area (Å²) in [4.78, 5) is 11.0. The van der Waals surface area contributed by atoms with E-state index in [0.717, 1.165) is 18.4 Å². The molecule has 1 unspecified atom stereocenters. The van der Waals surface area contributed by atoms with Gasteiger partial charge in [0.05, 0.1) is 30.2 Å². The summed E-state index contributed by atoms with van der Waals surface area (Å²) in [5.41, 5.74) is 1.25. The molecule has 1 aromatic heterocycles. The highest BCUT2D eigenvalue weighted by Gasteiger charge is 2.23. The third-order valence-corrected chi connectivity index (χ3v) is 3.88. The number of ether oxygens (including phenoxy) is 1. The molecule has 1 aliphatic heterocycles. The summed E-state index contributed by atoms with van der Waals surface area (Å²) in [6, 6.07) is 0. The Morgan fingerprint density at radius 1 is 1.61 bits per heavy atom. The first-order chi connectivity index (χ1) is 8.49. The number of sulfone groups is 1. The zero-order valence-corrected chi connectivity index (χ0v) is 11.0. The first-order valence-electron chi connectivity index (χ1n) is 5.77. The minimum absolute atomic E-state index is 0.0214. The number of aromatic nitrogens is 2. The van der Waals surface area contributed by atoms with Crippen molar-refractivity contribution >= 4 is 16.1 Å². The van der Waals surface area contributed by atoms with E-state index >= 15 is 0 Å². The quantitative estimate of drug-likeness (QED) is 0.718. The van der Waals surface area contributed by atoms with Gasteiger partial charge in [-0.25, -0.2) is 8.42 Å². The van der Waals surface area contributed by atoms with Crippen LogP contribution in [-0.2, 0) is 21.1 Å². The average Bonchev–Trinajstić information content (AvgIpc) is 2.94. The maximum absolute atomic E-state index is 11.1. The molecular weight excluding hydrogens is 256 g/mol. The molecule has 2 heterocycles. The predicted octanol–water partition coefficient (Wildman–Crippen LogP) is 0.244. The van der Waals surface area contributed by atoms with Crippen LogP contribution in [0.15, 0.2) is 6.20 Å².